The number of hydrogen-bond donors (Lipinski definition) is 1. The van der Waals surface area contributed by atoms with Gasteiger partial charge in [0, 0.05) is 5.56 Å². The Labute approximate surface area is 120 Å². The normalized spacial score (nSPS) is 11.6. The zero-order valence-corrected chi connectivity index (χ0v) is 12.1. The van der Waals surface area contributed by atoms with E-state index in [-0.39, 0.29) is 5.82 Å². The van der Waals surface area contributed by atoms with Gasteiger partial charge in [-0.2, -0.15) is 0 Å². The summed E-state index contributed by atoms with van der Waals surface area (Å²) in [6.45, 7) is 3.66. The number of aliphatic hydroxyl groups is 1. The van der Waals surface area contributed by atoms with Crippen LogP contribution < -0.4 is 0 Å². The lowest BCUT2D eigenvalue weighted by atomic mass is 9.97. The quantitative estimate of drug-likeness (QED) is 0.844. The molecule has 20 heavy (non-hydrogen) atoms. The first-order chi connectivity index (χ1) is 9.46. The van der Waals surface area contributed by atoms with Crippen molar-refractivity contribution in [2.24, 2.45) is 0 Å². The highest BCUT2D eigenvalue weighted by Crippen LogP contribution is 2.23. The van der Waals surface area contributed by atoms with E-state index in [4.69, 9.17) is 0 Å². The van der Waals surface area contributed by atoms with Crippen LogP contribution in [0.1, 0.15) is 32.3 Å². The van der Waals surface area contributed by atoms with Gasteiger partial charge in [-0.3, -0.25) is 0 Å². The number of hydrogen-bond acceptors (Lipinski definition) is 1. The van der Waals surface area contributed by atoms with Crippen molar-refractivity contribution >= 4 is 0 Å². The molecule has 106 valence electrons. The van der Waals surface area contributed by atoms with E-state index in [1.54, 1.807) is 12.1 Å². The first-order valence-electron chi connectivity index (χ1n) is 7.02. The topological polar surface area (TPSA) is 20.2 Å². The second-order valence-corrected chi connectivity index (χ2v) is 5.84. The molecule has 0 unspecified atom stereocenters. The van der Waals surface area contributed by atoms with E-state index in [9.17, 15) is 9.50 Å². The standard InChI is InChI=1S/C18H21FO/c1-18(2,20)13-5-6-14-9-11-15(12-10-14)16-7-3-4-8-17(16)19/h3-4,7-12,20H,5-6,13H2,1-2H3. The van der Waals surface area contributed by atoms with Gasteiger partial charge in [-0.05, 0) is 50.3 Å². The van der Waals surface area contributed by atoms with E-state index in [0.717, 1.165) is 24.8 Å². The van der Waals surface area contributed by atoms with Crippen molar-refractivity contribution in [1.82, 2.24) is 0 Å². The molecule has 0 spiro atoms. The van der Waals surface area contributed by atoms with E-state index < -0.39 is 5.60 Å². The lowest BCUT2D eigenvalue weighted by Crippen LogP contribution is -2.18. The van der Waals surface area contributed by atoms with E-state index in [1.165, 1.54) is 11.6 Å². The van der Waals surface area contributed by atoms with Gasteiger partial charge in [-0.25, -0.2) is 4.39 Å². The smallest absolute Gasteiger partial charge is 0.131 e. The van der Waals surface area contributed by atoms with Gasteiger partial charge in [0.2, 0.25) is 0 Å². The summed E-state index contributed by atoms with van der Waals surface area (Å²) in [6.07, 6.45) is 2.66. The first-order valence-corrected chi connectivity index (χ1v) is 7.02. The molecule has 1 nitrogen and oxygen atoms in total. The Kier molecular flexibility index (Phi) is 4.56. The summed E-state index contributed by atoms with van der Waals surface area (Å²) in [7, 11) is 0. The number of benzene rings is 2. The van der Waals surface area contributed by atoms with E-state index in [1.807, 2.05) is 44.2 Å². The number of aryl methyl sites for hydroxylation is 1. The molecule has 0 atom stereocenters. The molecular formula is C18H21FO. The Morgan fingerprint density at radius 1 is 1.00 bits per heavy atom. The van der Waals surface area contributed by atoms with Crippen LogP contribution in [0.25, 0.3) is 11.1 Å². The van der Waals surface area contributed by atoms with Crippen LogP contribution in [0, 0.1) is 5.82 Å². The summed E-state index contributed by atoms with van der Waals surface area (Å²) < 4.78 is 13.7. The van der Waals surface area contributed by atoms with Crippen LogP contribution in [0.15, 0.2) is 48.5 Å². The van der Waals surface area contributed by atoms with Crippen LogP contribution in [0.5, 0.6) is 0 Å². The molecule has 2 rings (SSSR count). The Bertz CT molecular complexity index is 552. The number of halogens is 1. The summed E-state index contributed by atoms with van der Waals surface area (Å²) >= 11 is 0. The molecule has 0 heterocycles. The molecule has 0 fully saturated rings. The van der Waals surface area contributed by atoms with E-state index >= 15 is 0 Å². The minimum absolute atomic E-state index is 0.192. The Morgan fingerprint density at radius 3 is 2.25 bits per heavy atom. The fourth-order valence-corrected chi connectivity index (χ4v) is 2.27. The maximum atomic E-state index is 13.7. The summed E-state index contributed by atoms with van der Waals surface area (Å²) in [5, 5.41) is 9.68. The van der Waals surface area contributed by atoms with E-state index in [2.05, 4.69) is 0 Å². The molecule has 2 heteroatoms. The van der Waals surface area contributed by atoms with Crippen LogP contribution >= 0.6 is 0 Å². The van der Waals surface area contributed by atoms with E-state index in [0.29, 0.717) is 5.56 Å². The van der Waals surface area contributed by atoms with Crippen LogP contribution in [-0.2, 0) is 6.42 Å². The lowest BCUT2D eigenvalue weighted by Gasteiger charge is -2.16. The summed E-state index contributed by atoms with van der Waals surface area (Å²) in [4.78, 5) is 0. The highest BCUT2D eigenvalue weighted by molar-refractivity contribution is 5.64. The zero-order chi connectivity index (χ0) is 14.6. The molecule has 0 aromatic heterocycles. The summed E-state index contributed by atoms with van der Waals surface area (Å²) in [5.41, 5.74) is 2.15. The van der Waals surface area contributed by atoms with Crippen molar-refractivity contribution in [3.05, 3.63) is 59.9 Å². The molecule has 1 N–H and O–H groups in total. The molecule has 0 saturated heterocycles. The number of rotatable bonds is 5. The lowest BCUT2D eigenvalue weighted by molar-refractivity contribution is 0.0689. The minimum Gasteiger partial charge on any atom is -0.390 e. The van der Waals surface area contributed by atoms with Gasteiger partial charge >= 0.3 is 0 Å². The predicted molar refractivity (Wildman–Crippen MR) is 81.1 cm³/mol. The second-order valence-electron chi connectivity index (χ2n) is 5.84. The van der Waals surface area contributed by atoms with Gasteiger partial charge in [0.05, 0.1) is 5.60 Å². The van der Waals surface area contributed by atoms with Gasteiger partial charge in [0.15, 0.2) is 0 Å². The van der Waals surface area contributed by atoms with Crippen molar-refractivity contribution in [3.63, 3.8) is 0 Å². The van der Waals surface area contributed by atoms with Crippen molar-refractivity contribution in [1.29, 1.82) is 0 Å². The Balaban J connectivity index is 2.02. The Morgan fingerprint density at radius 2 is 1.65 bits per heavy atom. The first kappa shape index (κ1) is 14.7. The highest BCUT2D eigenvalue weighted by atomic mass is 19.1. The fraction of sp³-hybridized carbons (Fsp3) is 0.333. The van der Waals surface area contributed by atoms with Crippen LogP contribution in [0.2, 0.25) is 0 Å². The molecule has 2 aromatic rings. The van der Waals surface area contributed by atoms with Gasteiger partial charge < -0.3 is 5.11 Å². The fourth-order valence-electron chi connectivity index (χ4n) is 2.27. The van der Waals surface area contributed by atoms with Crippen molar-refractivity contribution in [2.75, 3.05) is 0 Å². The zero-order valence-electron chi connectivity index (χ0n) is 12.1. The van der Waals surface area contributed by atoms with Crippen molar-refractivity contribution < 1.29 is 9.50 Å². The van der Waals surface area contributed by atoms with Crippen LogP contribution in [0.4, 0.5) is 4.39 Å². The molecule has 0 radical (unpaired) electrons. The third kappa shape index (κ3) is 4.17. The van der Waals surface area contributed by atoms with Crippen molar-refractivity contribution in [3.8, 4) is 11.1 Å². The summed E-state index contributed by atoms with van der Waals surface area (Å²) in [6, 6.07) is 14.8. The van der Waals surface area contributed by atoms with Crippen molar-refractivity contribution in [2.45, 2.75) is 38.7 Å². The van der Waals surface area contributed by atoms with Gasteiger partial charge in [0.25, 0.3) is 0 Å². The maximum Gasteiger partial charge on any atom is 0.131 e. The van der Waals surface area contributed by atoms with Crippen LogP contribution in [0.3, 0.4) is 0 Å². The average Bonchev–Trinajstić information content (AvgIpc) is 2.39. The maximum absolute atomic E-state index is 13.7. The molecule has 0 bridgehead atoms. The third-order valence-corrected chi connectivity index (χ3v) is 3.39. The molecular weight excluding hydrogens is 251 g/mol. The highest BCUT2D eigenvalue weighted by Gasteiger charge is 2.11. The predicted octanol–water partition coefficient (Wildman–Crippen LogP) is 4.59. The molecule has 0 saturated carbocycles. The van der Waals surface area contributed by atoms with Gasteiger partial charge in [-0.15, -0.1) is 0 Å². The minimum atomic E-state index is -0.604. The van der Waals surface area contributed by atoms with Gasteiger partial charge in [0.1, 0.15) is 5.82 Å². The van der Waals surface area contributed by atoms with Gasteiger partial charge in [-0.1, -0.05) is 42.5 Å². The molecule has 0 aliphatic carbocycles. The Hall–Kier alpha value is -1.67. The molecule has 0 amide bonds. The summed E-state index contributed by atoms with van der Waals surface area (Å²) in [5.74, 6) is -0.192. The average molecular weight is 272 g/mol. The molecule has 2 aromatic carbocycles. The monoisotopic (exact) mass is 272 g/mol. The van der Waals surface area contributed by atoms with Crippen LogP contribution in [-0.4, -0.2) is 10.7 Å². The SMILES string of the molecule is CC(C)(O)CCCc1ccc(-c2ccccc2F)cc1. The third-order valence-electron chi connectivity index (χ3n) is 3.39. The largest absolute Gasteiger partial charge is 0.390 e. The molecule has 0 aliphatic heterocycles. The second kappa shape index (κ2) is 6.19. The molecule has 0 aliphatic rings.